The molecule has 0 aliphatic heterocycles. The van der Waals surface area contributed by atoms with E-state index >= 15 is 0 Å². The third kappa shape index (κ3) is 3.06. The number of aliphatic hydroxyl groups is 1. The molecule has 0 radical (unpaired) electrons. The van der Waals surface area contributed by atoms with E-state index in [1.807, 2.05) is 0 Å². The minimum absolute atomic E-state index is 0.113. The predicted molar refractivity (Wildman–Crippen MR) is 66.0 cm³/mol. The molecule has 1 rings (SSSR count). The molecule has 1 aromatic carbocycles. The summed E-state index contributed by atoms with van der Waals surface area (Å²) in [5, 5.41) is 17.3. The molecule has 92 valence electrons. The van der Waals surface area contributed by atoms with E-state index in [1.165, 1.54) is 13.0 Å². The maximum absolute atomic E-state index is 11.3. The van der Waals surface area contributed by atoms with Crippen LogP contribution in [0.2, 0.25) is 0 Å². The van der Waals surface area contributed by atoms with Gasteiger partial charge < -0.3 is 10.2 Å². The van der Waals surface area contributed by atoms with Gasteiger partial charge >= 0.3 is 5.97 Å². The van der Waals surface area contributed by atoms with Gasteiger partial charge in [0.15, 0.2) is 11.9 Å². The number of Topliss-reactive ketones (excluding diaryl/α,β-unsaturated/α-hetero) is 1. The molecule has 2 N–H and O–H groups in total. The van der Waals surface area contributed by atoms with E-state index in [1.54, 1.807) is 12.1 Å². The fraction of sp³-hybridized carbons (Fsp3) is 0.273. The van der Waals surface area contributed by atoms with Crippen LogP contribution in [0.25, 0.3) is 0 Å². The summed E-state index contributed by atoms with van der Waals surface area (Å²) in [6.45, 7) is 1.30. The van der Waals surface area contributed by atoms with Gasteiger partial charge in [-0.15, -0.1) is 11.6 Å². The first-order valence-corrected chi connectivity index (χ1v) is 5.93. The zero-order valence-electron chi connectivity index (χ0n) is 8.85. The summed E-state index contributed by atoms with van der Waals surface area (Å²) in [4.78, 5) is 22.0. The van der Waals surface area contributed by atoms with E-state index < -0.39 is 17.5 Å². The van der Waals surface area contributed by atoms with Gasteiger partial charge in [0, 0.05) is 4.47 Å². The normalized spacial score (nSPS) is 14.1. The van der Waals surface area contributed by atoms with Crippen molar-refractivity contribution < 1.29 is 19.8 Å². The van der Waals surface area contributed by atoms with Crippen molar-refractivity contribution in [3.05, 3.63) is 33.8 Å². The van der Waals surface area contributed by atoms with Crippen molar-refractivity contribution in [2.75, 3.05) is 0 Å². The number of rotatable bonds is 4. The molecule has 2 unspecified atom stereocenters. The Balaban J connectivity index is 3.36. The van der Waals surface area contributed by atoms with Gasteiger partial charge in [0.2, 0.25) is 0 Å². The summed E-state index contributed by atoms with van der Waals surface area (Å²) >= 11 is 9.11. The zero-order valence-corrected chi connectivity index (χ0v) is 11.2. The number of carboxylic acids is 1. The van der Waals surface area contributed by atoms with Gasteiger partial charge in [0.05, 0.1) is 0 Å². The molecular formula is C11H10BrClO4. The number of hydrogen-bond acceptors (Lipinski definition) is 3. The summed E-state index contributed by atoms with van der Waals surface area (Å²) in [7, 11) is 0. The van der Waals surface area contributed by atoms with Gasteiger partial charge in [-0.1, -0.05) is 28.1 Å². The fourth-order valence-electron chi connectivity index (χ4n) is 1.40. The van der Waals surface area contributed by atoms with E-state index in [2.05, 4.69) is 15.9 Å². The Kier molecular flexibility index (Phi) is 4.68. The van der Waals surface area contributed by atoms with Gasteiger partial charge in [-0.3, -0.25) is 4.79 Å². The van der Waals surface area contributed by atoms with E-state index in [9.17, 15) is 14.7 Å². The molecule has 0 heterocycles. The SMILES string of the molecule is CC(=O)C(Cl)c1c(Br)cccc1C(O)C(=O)O. The Bertz CT molecular complexity index is 461. The summed E-state index contributed by atoms with van der Waals surface area (Å²) in [6.07, 6.45) is -1.71. The molecule has 0 amide bonds. The number of carbonyl (C=O) groups is 2. The lowest BCUT2D eigenvalue weighted by molar-refractivity contribution is -0.147. The Morgan fingerprint density at radius 1 is 1.41 bits per heavy atom. The molecule has 2 atom stereocenters. The molecule has 0 saturated carbocycles. The molecule has 1 aromatic rings. The molecule has 0 bridgehead atoms. The lowest BCUT2D eigenvalue weighted by Gasteiger charge is -2.16. The highest BCUT2D eigenvalue weighted by molar-refractivity contribution is 9.10. The maximum atomic E-state index is 11.3. The number of carbonyl (C=O) groups excluding carboxylic acids is 1. The number of carboxylic acid groups (broad SMARTS) is 1. The van der Waals surface area contributed by atoms with Crippen LogP contribution in [0.1, 0.15) is 29.5 Å². The molecule has 0 saturated heterocycles. The van der Waals surface area contributed by atoms with E-state index in [4.69, 9.17) is 16.7 Å². The number of alkyl halides is 1. The van der Waals surface area contributed by atoms with Crippen molar-refractivity contribution in [1.82, 2.24) is 0 Å². The van der Waals surface area contributed by atoms with Gasteiger partial charge in [0.25, 0.3) is 0 Å². The Hall–Kier alpha value is -0.910. The van der Waals surface area contributed by atoms with Crippen molar-refractivity contribution in [3.63, 3.8) is 0 Å². The lowest BCUT2D eigenvalue weighted by Crippen LogP contribution is -2.15. The van der Waals surface area contributed by atoms with Crippen LogP contribution in [-0.2, 0) is 9.59 Å². The Morgan fingerprint density at radius 3 is 2.47 bits per heavy atom. The Morgan fingerprint density at radius 2 is 2.00 bits per heavy atom. The number of hydrogen-bond donors (Lipinski definition) is 2. The highest BCUT2D eigenvalue weighted by Crippen LogP contribution is 2.34. The van der Waals surface area contributed by atoms with Crippen molar-refractivity contribution in [3.8, 4) is 0 Å². The second kappa shape index (κ2) is 5.62. The monoisotopic (exact) mass is 320 g/mol. The highest BCUT2D eigenvalue weighted by atomic mass is 79.9. The second-order valence-electron chi connectivity index (χ2n) is 3.46. The minimum atomic E-state index is -1.71. The third-order valence-electron chi connectivity index (χ3n) is 2.23. The highest BCUT2D eigenvalue weighted by Gasteiger charge is 2.26. The zero-order chi connectivity index (χ0) is 13.2. The van der Waals surface area contributed by atoms with Crippen LogP contribution in [0.15, 0.2) is 22.7 Å². The van der Waals surface area contributed by atoms with Crippen LogP contribution in [0, 0.1) is 0 Å². The van der Waals surface area contributed by atoms with Crippen molar-refractivity contribution in [1.29, 1.82) is 0 Å². The van der Waals surface area contributed by atoms with Crippen molar-refractivity contribution in [2.24, 2.45) is 0 Å². The minimum Gasteiger partial charge on any atom is -0.479 e. The Labute approximate surface area is 111 Å². The van der Waals surface area contributed by atoms with Gasteiger partial charge in [-0.25, -0.2) is 4.79 Å². The molecule has 4 nitrogen and oxygen atoms in total. The molecule has 0 spiro atoms. The fourth-order valence-corrected chi connectivity index (χ4v) is 2.38. The van der Waals surface area contributed by atoms with Crippen LogP contribution in [0.3, 0.4) is 0 Å². The molecule has 6 heteroatoms. The maximum Gasteiger partial charge on any atom is 0.337 e. The first-order valence-electron chi connectivity index (χ1n) is 4.70. The quantitative estimate of drug-likeness (QED) is 0.835. The first-order chi connectivity index (χ1) is 7.86. The van der Waals surface area contributed by atoms with Crippen LogP contribution < -0.4 is 0 Å². The number of benzene rings is 1. The van der Waals surface area contributed by atoms with Gasteiger partial charge in [0.1, 0.15) is 5.38 Å². The van der Waals surface area contributed by atoms with Gasteiger partial charge in [-0.2, -0.15) is 0 Å². The van der Waals surface area contributed by atoms with E-state index in [0.29, 0.717) is 4.47 Å². The predicted octanol–water partition coefficient (Wildman–Crippen LogP) is 2.44. The number of aliphatic carboxylic acids is 1. The van der Waals surface area contributed by atoms with Crippen LogP contribution >= 0.6 is 27.5 Å². The topological polar surface area (TPSA) is 74.6 Å². The molecule has 0 fully saturated rings. The van der Waals surface area contributed by atoms with Crippen molar-refractivity contribution >= 4 is 39.3 Å². The summed E-state index contributed by atoms with van der Waals surface area (Å²) < 4.78 is 0.491. The van der Waals surface area contributed by atoms with Crippen molar-refractivity contribution in [2.45, 2.75) is 18.4 Å². The molecular weight excluding hydrogens is 311 g/mol. The first kappa shape index (κ1) is 14.2. The standard InChI is InChI=1S/C11H10BrClO4/c1-5(14)9(13)8-6(10(15)11(16)17)3-2-4-7(8)12/h2-4,9-10,15H,1H3,(H,16,17). The van der Waals surface area contributed by atoms with Gasteiger partial charge in [-0.05, 0) is 24.1 Å². The molecule has 0 aliphatic rings. The number of halogens is 2. The summed E-state index contributed by atoms with van der Waals surface area (Å²) in [5.74, 6) is -1.71. The molecule has 17 heavy (non-hydrogen) atoms. The van der Waals surface area contributed by atoms with Crippen LogP contribution in [0.5, 0.6) is 0 Å². The average molecular weight is 322 g/mol. The second-order valence-corrected chi connectivity index (χ2v) is 4.75. The van der Waals surface area contributed by atoms with Crippen LogP contribution in [0.4, 0.5) is 0 Å². The lowest BCUT2D eigenvalue weighted by atomic mass is 9.98. The van der Waals surface area contributed by atoms with Crippen LogP contribution in [-0.4, -0.2) is 22.0 Å². The summed E-state index contributed by atoms with van der Waals surface area (Å²) in [6, 6.07) is 4.63. The summed E-state index contributed by atoms with van der Waals surface area (Å²) in [5.41, 5.74) is 0.402. The van der Waals surface area contributed by atoms with E-state index in [-0.39, 0.29) is 16.9 Å². The average Bonchev–Trinajstić information content (AvgIpc) is 2.26. The number of ketones is 1. The third-order valence-corrected chi connectivity index (χ3v) is 3.44. The number of aliphatic hydroxyl groups excluding tert-OH is 1. The largest absolute Gasteiger partial charge is 0.479 e. The molecule has 0 aromatic heterocycles. The van der Waals surface area contributed by atoms with E-state index in [0.717, 1.165) is 0 Å². The smallest absolute Gasteiger partial charge is 0.337 e. The molecule has 0 aliphatic carbocycles.